The van der Waals surface area contributed by atoms with E-state index in [-0.39, 0.29) is 30.7 Å². The number of ether oxygens (including phenoxy) is 2. The number of carbonyl (C=O) groups excluding carboxylic acids is 4. The van der Waals surface area contributed by atoms with E-state index in [9.17, 15) is 19.2 Å². The first-order valence-electron chi connectivity index (χ1n) is 10.6. The number of amides is 3. The highest BCUT2D eigenvalue weighted by Gasteiger charge is 2.38. The molecule has 2 heterocycles. The Kier molecular flexibility index (Phi) is 8.00. The molecule has 9 nitrogen and oxygen atoms in total. The van der Waals surface area contributed by atoms with Crippen LogP contribution >= 0.6 is 0 Å². The SMILES string of the molecule is O=C(CNC(=O)C1CCOCC1)NCC(=O)NC(CC1CCCC1)C(=O)[C@H]1CO1. The standard InChI is InChI=1S/C20H31N3O6/c24-17(10-22-20(27)14-5-7-28-8-6-14)21-11-18(25)23-15(19(26)16-12-29-16)9-13-3-1-2-4-13/h13-16H,1-12H2,(H,21,24)(H,22,27)(H,23,25)/t15?,16-/m1/s1. The summed E-state index contributed by atoms with van der Waals surface area (Å²) in [5.74, 6) is -0.791. The molecule has 162 valence electrons. The average Bonchev–Trinajstić information content (AvgIpc) is 3.46. The highest BCUT2D eigenvalue weighted by molar-refractivity contribution is 5.94. The Labute approximate surface area is 170 Å². The molecule has 0 aromatic carbocycles. The Hall–Kier alpha value is -2.00. The van der Waals surface area contributed by atoms with E-state index in [2.05, 4.69) is 16.0 Å². The Morgan fingerprint density at radius 1 is 0.897 bits per heavy atom. The lowest BCUT2D eigenvalue weighted by atomic mass is 9.94. The Morgan fingerprint density at radius 2 is 1.55 bits per heavy atom. The number of hydrogen-bond acceptors (Lipinski definition) is 6. The lowest BCUT2D eigenvalue weighted by molar-refractivity contribution is -0.131. The van der Waals surface area contributed by atoms with E-state index < -0.39 is 24.0 Å². The number of nitrogens with one attached hydrogen (secondary N) is 3. The third kappa shape index (κ3) is 7.08. The third-order valence-corrected chi connectivity index (χ3v) is 5.83. The van der Waals surface area contributed by atoms with E-state index in [1.54, 1.807) is 0 Å². The van der Waals surface area contributed by atoms with Gasteiger partial charge in [-0.1, -0.05) is 25.7 Å². The van der Waals surface area contributed by atoms with Crippen molar-refractivity contribution >= 4 is 23.5 Å². The highest BCUT2D eigenvalue weighted by Crippen LogP contribution is 2.29. The zero-order chi connectivity index (χ0) is 20.6. The van der Waals surface area contributed by atoms with Crippen LogP contribution in [0.1, 0.15) is 44.9 Å². The maximum absolute atomic E-state index is 12.4. The number of carbonyl (C=O) groups is 4. The number of Topliss-reactive ketones (excluding diaryl/α,β-unsaturated/α-hetero) is 1. The second kappa shape index (κ2) is 10.7. The summed E-state index contributed by atoms with van der Waals surface area (Å²) in [6, 6.07) is -0.566. The van der Waals surface area contributed by atoms with Gasteiger partial charge in [0.1, 0.15) is 6.10 Å². The molecule has 3 N–H and O–H groups in total. The molecule has 0 aromatic rings. The van der Waals surface area contributed by atoms with E-state index in [4.69, 9.17) is 9.47 Å². The fourth-order valence-corrected chi connectivity index (χ4v) is 4.02. The Morgan fingerprint density at radius 3 is 2.21 bits per heavy atom. The van der Waals surface area contributed by atoms with Crippen LogP contribution in [0.4, 0.5) is 0 Å². The van der Waals surface area contributed by atoms with Gasteiger partial charge in [0, 0.05) is 19.1 Å². The molecule has 2 aliphatic heterocycles. The normalized spacial score (nSPS) is 23.2. The predicted molar refractivity (Wildman–Crippen MR) is 103 cm³/mol. The molecule has 3 amide bonds. The average molecular weight is 409 g/mol. The summed E-state index contributed by atoms with van der Waals surface area (Å²) in [4.78, 5) is 48.6. The number of rotatable bonds is 10. The van der Waals surface area contributed by atoms with Gasteiger partial charge in [0.05, 0.1) is 25.7 Å². The summed E-state index contributed by atoms with van der Waals surface area (Å²) in [6.07, 6.45) is 6.00. The molecule has 0 radical (unpaired) electrons. The summed E-state index contributed by atoms with van der Waals surface area (Å²) < 4.78 is 10.3. The van der Waals surface area contributed by atoms with Gasteiger partial charge in [0.2, 0.25) is 17.7 Å². The van der Waals surface area contributed by atoms with Crippen molar-refractivity contribution in [3.8, 4) is 0 Å². The van der Waals surface area contributed by atoms with Crippen molar-refractivity contribution in [1.82, 2.24) is 16.0 Å². The van der Waals surface area contributed by atoms with E-state index in [1.807, 2.05) is 0 Å². The molecule has 2 atom stereocenters. The molecule has 0 aromatic heterocycles. The van der Waals surface area contributed by atoms with Gasteiger partial charge < -0.3 is 25.4 Å². The van der Waals surface area contributed by atoms with Crippen LogP contribution < -0.4 is 16.0 Å². The molecule has 29 heavy (non-hydrogen) atoms. The maximum Gasteiger partial charge on any atom is 0.239 e. The molecule has 9 heteroatoms. The first-order valence-corrected chi connectivity index (χ1v) is 10.6. The lowest BCUT2D eigenvalue weighted by Crippen LogP contribution is -2.48. The van der Waals surface area contributed by atoms with Gasteiger partial charge >= 0.3 is 0 Å². The molecule has 0 spiro atoms. The minimum atomic E-state index is -0.566. The molecule has 1 unspecified atom stereocenters. The second-order valence-corrected chi connectivity index (χ2v) is 8.11. The number of hydrogen-bond donors (Lipinski definition) is 3. The quantitative estimate of drug-likeness (QED) is 0.425. The zero-order valence-electron chi connectivity index (χ0n) is 16.7. The van der Waals surface area contributed by atoms with Crippen molar-refractivity contribution in [2.45, 2.75) is 57.1 Å². The van der Waals surface area contributed by atoms with Crippen LogP contribution in [0.25, 0.3) is 0 Å². The second-order valence-electron chi connectivity index (χ2n) is 8.11. The topological polar surface area (TPSA) is 126 Å². The van der Waals surface area contributed by atoms with Crippen molar-refractivity contribution in [1.29, 1.82) is 0 Å². The van der Waals surface area contributed by atoms with Crippen molar-refractivity contribution in [3.63, 3.8) is 0 Å². The third-order valence-electron chi connectivity index (χ3n) is 5.83. The summed E-state index contributed by atoms with van der Waals surface area (Å²) >= 11 is 0. The molecule has 3 rings (SSSR count). The first kappa shape index (κ1) is 21.7. The van der Waals surface area contributed by atoms with Crippen LogP contribution in [0.3, 0.4) is 0 Å². The van der Waals surface area contributed by atoms with E-state index in [1.165, 1.54) is 0 Å². The van der Waals surface area contributed by atoms with Crippen LogP contribution in [-0.2, 0) is 28.7 Å². The van der Waals surface area contributed by atoms with Gasteiger partial charge in [0.15, 0.2) is 5.78 Å². The molecule has 1 saturated carbocycles. The number of ketones is 1. The van der Waals surface area contributed by atoms with Crippen LogP contribution in [0.2, 0.25) is 0 Å². The summed E-state index contributed by atoms with van der Waals surface area (Å²) in [5, 5.41) is 7.84. The van der Waals surface area contributed by atoms with Gasteiger partial charge in [-0.25, -0.2) is 0 Å². The Balaban J connectivity index is 1.36. The number of epoxide rings is 1. The van der Waals surface area contributed by atoms with Crippen LogP contribution in [0.5, 0.6) is 0 Å². The molecule has 2 saturated heterocycles. The van der Waals surface area contributed by atoms with Gasteiger partial charge in [-0.05, 0) is 25.2 Å². The van der Waals surface area contributed by atoms with Gasteiger partial charge in [-0.2, -0.15) is 0 Å². The van der Waals surface area contributed by atoms with Crippen LogP contribution in [0.15, 0.2) is 0 Å². The van der Waals surface area contributed by atoms with Crippen LogP contribution in [-0.4, -0.2) is 68.6 Å². The monoisotopic (exact) mass is 409 g/mol. The summed E-state index contributed by atoms with van der Waals surface area (Å²) in [7, 11) is 0. The first-order chi connectivity index (χ1) is 14.0. The van der Waals surface area contributed by atoms with Crippen molar-refractivity contribution in [2.75, 3.05) is 32.9 Å². The fraction of sp³-hybridized carbons (Fsp3) is 0.800. The largest absolute Gasteiger partial charge is 0.381 e. The lowest BCUT2D eigenvalue weighted by Gasteiger charge is -2.21. The summed E-state index contributed by atoms with van der Waals surface area (Å²) in [6.45, 7) is 1.11. The highest BCUT2D eigenvalue weighted by atomic mass is 16.6. The van der Waals surface area contributed by atoms with Crippen molar-refractivity contribution < 1.29 is 28.7 Å². The minimum absolute atomic E-state index is 0.0831. The summed E-state index contributed by atoms with van der Waals surface area (Å²) in [5.41, 5.74) is 0. The van der Waals surface area contributed by atoms with E-state index >= 15 is 0 Å². The molecule has 1 aliphatic carbocycles. The fourth-order valence-electron chi connectivity index (χ4n) is 4.02. The Bertz CT molecular complexity index is 609. The van der Waals surface area contributed by atoms with E-state index in [0.717, 1.165) is 25.7 Å². The minimum Gasteiger partial charge on any atom is -0.381 e. The molecular weight excluding hydrogens is 378 g/mol. The van der Waals surface area contributed by atoms with E-state index in [0.29, 0.717) is 45.0 Å². The van der Waals surface area contributed by atoms with Crippen molar-refractivity contribution in [2.24, 2.45) is 11.8 Å². The molecule has 3 fully saturated rings. The maximum atomic E-state index is 12.4. The van der Waals surface area contributed by atoms with Gasteiger partial charge in [0.25, 0.3) is 0 Å². The van der Waals surface area contributed by atoms with Crippen molar-refractivity contribution in [3.05, 3.63) is 0 Å². The molecule has 0 bridgehead atoms. The van der Waals surface area contributed by atoms with Gasteiger partial charge in [-0.3, -0.25) is 19.2 Å². The zero-order valence-corrected chi connectivity index (χ0v) is 16.7. The van der Waals surface area contributed by atoms with Gasteiger partial charge in [-0.15, -0.1) is 0 Å². The smallest absolute Gasteiger partial charge is 0.239 e. The predicted octanol–water partition coefficient (Wildman–Crippen LogP) is -0.322. The molecular formula is C20H31N3O6. The molecule has 3 aliphatic rings. The van der Waals surface area contributed by atoms with Crippen LogP contribution in [0, 0.1) is 11.8 Å².